The van der Waals surface area contributed by atoms with Crippen LogP contribution in [0.2, 0.25) is 0 Å². The molecule has 17 heavy (non-hydrogen) atoms. The minimum absolute atomic E-state index is 0.0906. The summed E-state index contributed by atoms with van der Waals surface area (Å²) in [6.07, 6.45) is 4.79. The van der Waals surface area contributed by atoms with E-state index in [2.05, 4.69) is 11.4 Å². The number of nitrogens with zero attached hydrogens (tertiary/aromatic N) is 1. The molecule has 0 spiro atoms. The second-order valence-corrected chi connectivity index (χ2v) is 5.57. The largest absolute Gasteiger partial charge is 0.331 e. The number of carbonyl (C=O) groups excluding carboxylic acids is 1. The summed E-state index contributed by atoms with van der Waals surface area (Å²) in [6.45, 7) is 3.85. The second-order valence-electron chi connectivity index (χ2n) is 4.59. The molecule has 3 nitrogen and oxygen atoms in total. The Hall–Kier alpha value is -1.03. The molecule has 1 unspecified atom stereocenters. The minimum atomic E-state index is 0.0906. The molecule has 2 heterocycles. The average Bonchev–Trinajstić information content (AvgIpc) is 2.71. The quantitative estimate of drug-likeness (QED) is 0.859. The molecule has 1 N–H and O–H groups in total. The molecule has 0 radical (unpaired) electrons. The van der Waals surface area contributed by atoms with E-state index < -0.39 is 0 Å². The van der Waals surface area contributed by atoms with Crippen molar-refractivity contribution >= 4 is 17.4 Å². The summed E-state index contributed by atoms with van der Waals surface area (Å²) in [7, 11) is 0. The fourth-order valence-electron chi connectivity index (χ4n) is 2.16. The van der Waals surface area contributed by atoms with E-state index in [1.165, 1.54) is 17.7 Å². The van der Waals surface area contributed by atoms with Crippen LogP contribution in [0.15, 0.2) is 17.5 Å². The summed E-state index contributed by atoms with van der Waals surface area (Å²) in [6, 6.07) is 4.30. The summed E-state index contributed by atoms with van der Waals surface area (Å²) >= 11 is 1.69. The van der Waals surface area contributed by atoms with Gasteiger partial charge in [-0.25, -0.2) is 4.79 Å². The van der Waals surface area contributed by atoms with E-state index in [4.69, 9.17) is 0 Å². The van der Waals surface area contributed by atoms with Gasteiger partial charge in [0.15, 0.2) is 0 Å². The Labute approximate surface area is 107 Å². The van der Waals surface area contributed by atoms with Crippen LogP contribution in [0.1, 0.15) is 43.5 Å². The number of hydrogen-bond donors (Lipinski definition) is 1. The number of urea groups is 1. The molecule has 1 saturated heterocycles. The second kappa shape index (κ2) is 6.05. The maximum Gasteiger partial charge on any atom is 0.317 e. The molecule has 0 aromatic carbocycles. The molecule has 1 aromatic rings. The maximum absolute atomic E-state index is 12.1. The Morgan fingerprint density at radius 2 is 2.06 bits per heavy atom. The first-order valence-corrected chi connectivity index (χ1v) is 7.24. The molecule has 1 atom stereocenters. The molecule has 4 heteroatoms. The Kier molecular flexibility index (Phi) is 4.42. The van der Waals surface area contributed by atoms with Gasteiger partial charge in [-0.3, -0.25) is 0 Å². The normalized spacial score (nSPS) is 18.5. The van der Waals surface area contributed by atoms with Crippen molar-refractivity contribution < 1.29 is 4.79 Å². The van der Waals surface area contributed by atoms with Gasteiger partial charge in [-0.05, 0) is 31.2 Å². The summed E-state index contributed by atoms with van der Waals surface area (Å²) < 4.78 is 0. The summed E-state index contributed by atoms with van der Waals surface area (Å²) in [4.78, 5) is 15.2. The Morgan fingerprint density at radius 1 is 1.35 bits per heavy atom. The molecule has 1 aromatic heterocycles. The Balaban J connectivity index is 1.87. The van der Waals surface area contributed by atoms with Crippen molar-refractivity contribution in [1.29, 1.82) is 0 Å². The van der Waals surface area contributed by atoms with Crippen molar-refractivity contribution in [3.63, 3.8) is 0 Å². The monoisotopic (exact) mass is 252 g/mol. The fraction of sp³-hybridized carbons (Fsp3) is 0.615. The van der Waals surface area contributed by atoms with Crippen molar-refractivity contribution in [3.8, 4) is 0 Å². The average molecular weight is 252 g/mol. The minimum Gasteiger partial charge on any atom is -0.331 e. The van der Waals surface area contributed by atoms with Gasteiger partial charge in [0.2, 0.25) is 0 Å². The molecule has 0 saturated carbocycles. The molecule has 2 rings (SSSR count). The molecular weight excluding hydrogens is 232 g/mol. The number of rotatable bonds is 2. The third kappa shape index (κ3) is 3.46. The van der Waals surface area contributed by atoms with Gasteiger partial charge in [-0.15, -0.1) is 11.3 Å². The molecule has 1 aliphatic heterocycles. The standard InChI is InChI=1S/C13H20N2OS/c1-11(12-7-6-10-17-12)14-13(16)15-8-4-2-3-5-9-15/h6-7,10-11H,2-5,8-9H2,1H3,(H,14,16). The third-order valence-electron chi connectivity index (χ3n) is 3.20. The molecular formula is C13H20N2OS. The predicted octanol–water partition coefficient (Wildman–Crippen LogP) is 3.39. The van der Waals surface area contributed by atoms with Gasteiger partial charge in [-0.1, -0.05) is 18.9 Å². The van der Waals surface area contributed by atoms with E-state index in [0.29, 0.717) is 0 Å². The fourth-order valence-corrected chi connectivity index (χ4v) is 2.89. The van der Waals surface area contributed by atoms with E-state index in [1.807, 2.05) is 23.3 Å². The smallest absolute Gasteiger partial charge is 0.317 e. The van der Waals surface area contributed by atoms with Crippen molar-refractivity contribution in [3.05, 3.63) is 22.4 Å². The van der Waals surface area contributed by atoms with E-state index >= 15 is 0 Å². The molecule has 2 amide bonds. The van der Waals surface area contributed by atoms with E-state index in [0.717, 1.165) is 25.9 Å². The van der Waals surface area contributed by atoms with Crippen LogP contribution < -0.4 is 5.32 Å². The van der Waals surface area contributed by atoms with Crippen LogP contribution >= 0.6 is 11.3 Å². The van der Waals surface area contributed by atoms with Crippen molar-refractivity contribution in [1.82, 2.24) is 10.2 Å². The number of amides is 2. The lowest BCUT2D eigenvalue weighted by Crippen LogP contribution is -2.41. The van der Waals surface area contributed by atoms with E-state index in [-0.39, 0.29) is 12.1 Å². The molecule has 94 valence electrons. The molecule has 1 fully saturated rings. The molecule has 0 bridgehead atoms. The highest BCUT2D eigenvalue weighted by Crippen LogP contribution is 2.18. The lowest BCUT2D eigenvalue weighted by molar-refractivity contribution is 0.196. The van der Waals surface area contributed by atoms with Crippen LogP contribution in [-0.4, -0.2) is 24.0 Å². The van der Waals surface area contributed by atoms with Crippen LogP contribution in [0.25, 0.3) is 0 Å². The number of hydrogen-bond acceptors (Lipinski definition) is 2. The maximum atomic E-state index is 12.1. The first-order chi connectivity index (χ1) is 8.27. The SMILES string of the molecule is CC(NC(=O)N1CCCCCC1)c1cccs1. The Morgan fingerprint density at radius 3 is 2.65 bits per heavy atom. The highest BCUT2D eigenvalue weighted by molar-refractivity contribution is 7.10. The first kappa shape index (κ1) is 12.4. The van der Waals surface area contributed by atoms with Crippen LogP contribution in [-0.2, 0) is 0 Å². The van der Waals surface area contributed by atoms with Crippen LogP contribution in [0.3, 0.4) is 0 Å². The van der Waals surface area contributed by atoms with Gasteiger partial charge in [0.25, 0.3) is 0 Å². The molecule has 1 aliphatic rings. The van der Waals surface area contributed by atoms with Gasteiger partial charge in [-0.2, -0.15) is 0 Å². The summed E-state index contributed by atoms with van der Waals surface area (Å²) in [5.41, 5.74) is 0. The lowest BCUT2D eigenvalue weighted by Gasteiger charge is -2.23. The van der Waals surface area contributed by atoms with Gasteiger partial charge < -0.3 is 10.2 Å². The van der Waals surface area contributed by atoms with Crippen molar-refractivity contribution in [2.75, 3.05) is 13.1 Å². The Bertz CT molecular complexity index is 342. The zero-order chi connectivity index (χ0) is 12.1. The van der Waals surface area contributed by atoms with Crippen molar-refractivity contribution in [2.24, 2.45) is 0 Å². The number of likely N-dealkylation sites (tertiary alicyclic amines) is 1. The number of thiophene rings is 1. The summed E-state index contributed by atoms with van der Waals surface area (Å²) in [5.74, 6) is 0. The zero-order valence-electron chi connectivity index (χ0n) is 10.3. The van der Waals surface area contributed by atoms with Crippen LogP contribution in [0, 0.1) is 0 Å². The molecule has 0 aliphatic carbocycles. The highest BCUT2D eigenvalue weighted by Gasteiger charge is 2.17. The van der Waals surface area contributed by atoms with Crippen LogP contribution in [0.5, 0.6) is 0 Å². The highest BCUT2D eigenvalue weighted by atomic mass is 32.1. The number of nitrogens with one attached hydrogen (secondary N) is 1. The predicted molar refractivity (Wildman–Crippen MR) is 71.3 cm³/mol. The topological polar surface area (TPSA) is 32.3 Å². The van der Waals surface area contributed by atoms with Crippen molar-refractivity contribution in [2.45, 2.75) is 38.6 Å². The number of carbonyl (C=O) groups is 1. The van der Waals surface area contributed by atoms with Gasteiger partial charge in [0.1, 0.15) is 0 Å². The van der Waals surface area contributed by atoms with E-state index in [9.17, 15) is 4.79 Å². The van der Waals surface area contributed by atoms with Crippen LogP contribution in [0.4, 0.5) is 4.79 Å². The van der Waals surface area contributed by atoms with Gasteiger partial charge in [0, 0.05) is 18.0 Å². The van der Waals surface area contributed by atoms with Gasteiger partial charge in [0.05, 0.1) is 6.04 Å². The first-order valence-electron chi connectivity index (χ1n) is 6.36. The van der Waals surface area contributed by atoms with E-state index in [1.54, 1.807) is 11.3 Å². The third-order valence-corrected chi connectivity index (χ3v) is 4.26. The zero-order valence-corrected chi connectivity index (χ0v) is 11.1. The summed E-state index contributed by atoms with van der Waals surface area (Å²) in [5, 5.41) is 5.12. The van der Waals surface area contributed by atoms with Gasteiger partial charge >= 0.3 is 6.03 Å². The lowest BCUT2D eigenvalue weighted by atomic mass is 10.2.